The van der Waals surface area contributed by atoms with Gasteiger partial charge >= 0.3 is 0 Å². The molecular formula is C120H95Br4N5. The predicted molar refractivity (Wildman–Crippen MR) is 559 cm³/mol. The highest BCUT2D eigenvalue weighted by atomic mass is 79.9. The molecule has 4 aliphatic carbocycles. The van der Waals surface area contributed by atoms with Crippen LogP contribution < -0.4 is 24.9 Å². The molecule has 0 saturated carbocycles. The fourth-order valence-electron chi connectivity index (χ4n) is 19.6. The summed E-state index contributed by atoms with van der Waals surface area (Å²) in [5.74, 6) is 0. The van der Waals surface area contributed by atoms with Crippen molar-refractivity contribution in [2.24, 2.45) is 0 Å². The van der Waals surface area contributed by atoms with Gasteiger partial charge in [0.1, 0.15) is 0 Å². The molecule has 0 bridgehead atoms. The molecule has 0 atom stereocenters. The Balaban J connectivity index is 0.000000191. The van der Waals surface area contributed by atoms with Gasteiger partial charge in [-0.25, -0.2) is 0 Å². The molecule has 1 N–H and O–H groups in total. The third-order valence-corrected chi connectivity index (χ3v) is 28.1. The minimum Gasteiger partial charge on any atom is -0.356 e. The Morgan fingerprint density at radius 1 is 0.155 bits per heavy atom. The van der Waals surface area contributed by atoms with Crippen LogP contribution in [-0.2, 0) is 10.8 Å². The Hall–Kier alpha value is -13.1. The molecule has 4 aliphatic rings. The van der Waals surface area contributed by atoms with Crippen LogP contribution in [0.4, 0.5) is 79.6 Å². The second kappa shape index (κ2) is 34.5. The molecule has 129 heavy (non-hydrogen) atoms. The van der Waals surface area contributed by atoms with E-state index in [2.05, 4.69) is 546 Å². The number of fused-ring (bicyclic) bond motifs is 20. The molecule has 0 radical (unpaired) electrons. The summed E-state index contributed by atoms with van der Waals surface area (Å²) < 4.78 is 4.40. The van der Waals surface area contributed by atoms with Gasteiger partial charge in [-0.1, -0.05) is 289 Å². The number of nitrogens with zero attached hydrogens (tertiary/aromatic N) is 4. The highest BCUT2D eigenvalue weighted by Gasteiger charge is 2.55. The normalized spacial score (nSPS) is 12.5. The SMILES string of the molecule is Brc1ccc2c(c1)C1(c3cc(Br)ccc3-2)c2cc(Br)ccc2-c2ccc(Br)cc21.Cc1ccc(N(c2ccc(C)cc2)c2ccc3c(c2)C2(c4cc(N(c5ccc(C)cc5)c5ccc(C)cc5)ccc4-3)c3cc(N(c4ccc(C)cc4)c4ccc(C)cc4)ccc3-c3ccc(N(c4ccc(C)cc4)c4ccc(C)cc4)cc32)cc1.Cc1ccc(Nc2ccc(C)cc2)cc1. The summed E-state index contributed by atoms with van der Waals surface area (Å²) in [6.45, 7) is 21.5. The van der Waals surface area contributed by atoms with Crippen LogP contribution in [0, 0.1) is 69.2 Å². The van der Waals surface area contributed by atoms with E-state index in [1.165, 1.54) is 145 Å². The van der Waals surface area contributed by atoms with Crippen molar-refractivity contribution in [3.05, 3.63) is 506 Å². The lowest BCUT2D eigenvalue weighted by molar-refractivity contribution is 0.791. The molecule has 5 nitrogen and oxygen atoms in total. The topological polar surface area (TPSA) is 25.0 Å². The van der Waals surface area contributed by atoms with Crippen LogP contribution in [0.15, 0.2) is 406 Å². The van der Waals surface area contributed by atoms with Crippen molar-refractivity contribution < 1.29 is 0 Å². The summed E-state index contributed by atoms with van der Waals surface area (Å²) in [7, 11) is 0. The van der Waals surface area contributed by atoms with Gasteiger partial charge < -0.3 is 24.9 Å². The van der Waals surface area contributed by atoms with Crippen LogP contribution in [-0.4, -0.2) is 0 Å². The minimum atomic E-state index is -0.843. The third kappa shape index (κ3) is 15.5. The Labute approximate surface area is 792 Å². The highest BCUT2D eigenvalue weighted by molar-refractivity contribution is 9.11. The Morgan fingerprint density at radius 3 is 0.450 bits per heavy atom. The van der Waals surface area contributed by atoms with E-state index in [1.54, 1.807) is 0 Å². The van der Waals surface area contributed by atoms with Crippen molar-refractivity contribution in [3.63, 3.8) is 0 Å². The molecule has 0 aromatic heterocycles. The van der Waals surface area contributed by atoms with E-state index >= 15 is 0 Å². The van der Waals surface area contributed by atoms with E-state index in [-0.39, 0.29) is 5.41 Å². The zero-order chi connectivity index (χ0) is 88.7. The number of aryl methyl sites for hydroxylation is 10. The van der Waals surface area contributed by atoms with Gasteiger partial charge in [-0.2, -0.15) is 0 Å². The Bertz CT molecular complexity index is 6290. The largest absolute Gasteiger partial charge is 0.356 e. The maximum atomic E-state index is 3.74. The fourth-order valence-corrected chi connectivity index (χ4v) is 21.1. The number of rotatable bonds is 14. The van der Waals surface area contributed by atoms with Crippen molar-refractivity contribution in [1.82, 2.24) is 0 Å². The highest BCUT2D eigenvalue weighted by Crippen LogP contribution is 2.67. The first-order chi connectivity index (χ1) is 62.6. The first-order valence-electron chi connectivity index (χ1n) is 44.1. The lowest BCUT2D eigenvalue weighted by Gasteiger charge is -2.35. The number of hydrogen-bond acceptors (Lipinski definition) is 5. The molecular weight excluding hydrogens is 1830 g/mol. The summed E-state index contributed by atoms with van der Waals surface area (Å²) >= 11 is 14.9. The monoisotopic (exact) mass is 1920 g/mol. The van der Waals surface area contributed by atoms with Crippen LogP contribution in [0.25, 0.3) is 44.5 Å². The zero-order valence-electron chi connectivity index (χ0n) is 73.8. The Morgan fingerprint density at radius 2 is 0.287 bits per heavy atom. The molecule has 2 spiro atoms. The van der Waals surface area contributed by atoms with Crippen molar-refractivity contribution in [2.75, 3.05) is 24.9 Å². The fraction of sp³-hybridized carbons (Fsp3) is 0.100. The number of benzene rings is 18. The summed E-state index contributed by atoms with van der Waals surface area (Å²) in [4.78, 5) is 9.76. The summed E-state index contributed by atoms with van der Waals surface area (Å²) in [6.07, 6.45) is 0. The van der Waals surface area contributed by atoms with Crippen LogP contribution >= 0.6 is 63.7 Å². The number of hydrogen-bond donors (Lipinski definition) is 1. The third-order valence-electron chi connectivity index (χ3n) is 26.1. The molecule has 22 rings (SSSR count). The second-order valence-electron chi connectivity index (χ2n) is 35.1. The zero-order valence-corrected chi connectivity index (χ0v) is 80.1. The standard InChI is InChI=1S/C81H68N4.C25H12Br4.C14H15N/c1-53-9-25-61(26-10-53)82(62-27-11-54(2)12-28-62)69-41-45-73-74-46-42-70(83(63-29-13-55(3)14-30-63)64-31-15-56(4)16-32-64)50-78(74)81(77(73)49-69)79-51-71(84(65-33-17-57(5)18-34-65)66-35-19-58(6)20-36-66)43-47-75(79)76-48-44-72(52-80(76)81)85(67-37-21-59(7)22-38-67)68-39-23-60(8)24-40-68;26-13-1-5-17-18-6-2-14(27)10-22(18)25(21(17)9-13)23-11-15(28)3-7-19(23)20-8-4-16(29)12-24(20)25;1-11-3-7-13(8-4-11)15-14-9-5-12(2)6-10-14/h9-52H,1-8H3;1-12H;3-10,15H,1-2H3. The lowest BCUT2D eigenvalue weighted by Crippen LogP contribution is -2.27. The molecule has 9 heteroatoms. The van der Waals surface area contributed by atoms with Crippen LogP contribution in [0.5, 0.6) is 0 Å². The molecule has 18 aromatic carbocycles. The van der Waals surface area contributed by atoms with E-state index in [0.717, 1.165) is 97.5 Å². The summed E-state index contributed by atoms with van der Waals surface area (Å²) in [5.41, 5.74) is 46.9. The molecule has 628 valence electrons. The van der Waals surface area contributed by atoms with Gasteiger partial charge in [0.05, 0.1) is 10.8 Å². The smallest absolute Gasteiger partial charge is 0.0728 e. The van der Waals surface area contributed by atoms with Gasteiger partial charge in [0.15, 0.2) is 0 Å². The number of halogens is 4. The number of nitrogens with one attached hydrogen (secondary N) is 1. The van der Waals surface area contributed by atoms with Crippen LogP contribution in [0.3, 0.4) is 0 Å². The summed E-state index contributed by atoms with van der Waals surface area (Å²) in [6, 6.07) is 144. The molecule has 18 aromatic rings. The maximum absolute atomic E-state index is 3.74. The van der Waals surface area contributed by atoms with E-state index in [9.17, 15) is 0 Å². The molecule has 0 heterocycles. The maximum Gasteiger partial charge on any atom is 0.0728 e. The van der Waals surface area contributed by atoms with Gasteiger partial charge in [-0.15, -0.1) is 0 Å². The molecule has 0 unspecified atom stereocenters. The molecule has 0 fully saturated rings. The predicted octanol–water partition coefficient (Wildman–Crippen LogP) is 35.5. The number of anilines is 14. The average molecular weight is 1930 g/mol. The van der Waals surface area contributed by atoms with Crippen LogP contribution in [0.1, 0.15) is 100 Å². The average Bonchev–Trinajstić information content (AvgIpc) is 1.47. The van der Waals surface area contributed by atoms with Gasteiger partial charge in [0.2, 0.25) is 0 Å². The van der Waals surface area contributed by atoms with E-state index in [1.807, 2.05) is 0 Å². The second-order valence-corrected chi connectivity index (χ2v) is 38.7. The van der Waals surface area contributed by atoms with E-state index < -0.39 is 5.41 Å². The van der Waals surface area contributed by atoms with Crippen molar-refractivity contribution in [1.29, 1.82) is 0 Å². The first kappa shape index (κ1) is 84.1. The van der Waals surface area contributed by atoms with Crippen molar-refractivity contribution in [2.45, 2.75) is 80.1 Å². The van der Waals surface area contributed by atoms with E-state index in [0.29, 0.717) is 0 Å². The van der Waals surface area contributed by atoms with Gasteiger partial charge in [-0.3, -0.25) is 0 Å². The van der Waals surface area contributed by atoms with Gasteiger partial charge in [-0.05, 0) is 377 Å². The van der Waals surface area contributed by atoms with Crippen molar-refractivity contribution in [3.8, 4) is 44.5 Å². The summed E-state index contributed by atoms with van der Waals surface area (Å²) in [5, 5.41) is 3.36. The Kier molecular flexibility index (Phi) is 22.5. The minimum absolute atomic E-state index is 0.337. The molecule has 0 saturated heterocycles. The van der Waals surface area contributed by atoms with Crippen LogP contribution in [0.2, 0.25) is 0 Å². The quantitative estimate of drug-likeness (QED) is 0.117. The van der Waals surface area contributed by atoms with Crippen molar-refractivity contribution >= 4 is 143 Å². The van der Waals surface area contributed by atoms with E-state index in [4.69, 9.17) is 0 Å². The molecule has 0 amide bonds. The first-order valence-corrected chi connectivity index (χ1v) is 47.2. The van der Waals surface area contributed by atoms with Gasteiger partial charge in [0, 0.05) is 97.5 Å². The van der Waals surface area contributed by atoms with Gasteiger partial charge in [0.25, 0.3) is 0 Å². The molecule has 0 aliphatic heterocycles. The lowest BCUT2D eigenvalue weighted by atomic mass is 9.70.